The highest BCUT2D eigenvalue weighted by Crippen LogP contribution is 2.24. The zero-order valence-electron chi connectivity index (χ0n) is 10.5. The van der Waals surface area contributed by atoms with Crippen LogP contribution in [0.4, 0.5) is 0 Å². The summed E-state index contributed by atoms with van der Waals surface area (Å²) >= 11 is 0. The number of fused-ring (bicyclic) bond motifs is 1. The highest BCUT2D eigenvalue weighted by atomic mass is 16.2. The molecule has 0 aliphatic heterocycles. The molecule has 3 nitrogen and oxygen atoms in total. The minimum absolute atomic E-state index is 0.0202. The normalized spacial score (nSPS) is 14.0. The third kappa shape index (κ3) is 2.12. The summed E-state index contributed by atoms with van der Waals surface area (Å²) in [5, 5.41) is 0. The Balaban J connectivity index is 2.54. The Kier molecular flexibility index (Phi) is 3.15. The number of rotatable bonds is 2. The lowest BCUT2D eigenvalue weighted by atomic mass is 9.88. The molecule has 0 amide bonds. The van der Waals surface area contributed by atoms with Crippen molar-refractivity contribution in [3.05, 3.63) is 52.2 Å². The van der Waals surface area contributed by atoms with Gasteiger partial charge in [-0.1, -0.05) is 29.8 Å². The molecule has 2 N–H and O–H groups in total. The molecule has 0 saturated carbocycles. The van der Waals surface area contributed by atoms with E-state index in [-0.39, 0.29) is 5.70 Å². The van der Waals surface area contributed by atoms with Crippen molar-refractivity contribution in [2.45, 2.75) is 20.3 Å². The van der Waals surface area contributed by atoms with Crippen LogP contribution in [-0.2, 0) is 11.2 Å². The number of nitrogens with two attached hydrogens (primary N) is 1. The van der Waals surface area contributed by atoms with Gasteiger partial charge in [-0.25, -0.2) is 0 Å². The Morgan fingerprint density at radius 3 is 2.61 bits per heavy atom. The van der Waals surface area contributed by atoms with Crippen LogP contribution in [0.3, 0.4) is 0 Å². The zero-order chi connectivity index (χ0) is 13.3. The summed E-state index contributed by atoms with van der Waals surface area (Å²) in [4.78, 5) is 23.6. The van der Waals surface area contributed by atoms with Gasteiger partial charge in [-0.2, -0.15) is 0 Å². The van der Waals surface area contributed by atoms with Crippen LogP contribution in [0.15, 0.2) is 35.5 Å². The number of carbonyl (C=O) groups is 2. The summed E-state index contributed by atoms with van der Waals surface area (Å²) in [5.74, 6) is -1.10. The minimum Gasteiger partial charge on any atom is -0.395 e. The lowest BCUT2D eigenvalue weighted by Crippen LogP contribution is -2.26. The van der Waals surface area contributed by atoms with E-state index in [0.29, 0.717) is 12.0 Å². The standard InChI is InChI=1S/C15H15NO2/c1-9(2)6-7-10-4-3-5-11-8-12(16)14(17)15(18)13(10)11/h3-6,8H,7,16H2,1-2H3. The molecule has 1 aromatic carbocycles. The fourth-order valence-electron chi connectivity index (χ4n) is 1.98. The van der Waals surface area contributed by atoms with Crippen LogP contribution in [0.25, 0.3) is 6.08 Å². The Labute approximate surface area is 106 Å². The van der Waals surface area contributed by atoms with Crippen LogP contribution in [0.2, 0.25) is 0 Å². The van der Waals surface area contributed by atoms with E-state index in [1.54, 1.807) is 12.1 Å². The van der Waals surface area contributed by atoms with Crippen molar-refractivity contribution >= 4 is 17.6 Å². The minimum atomic E-state index is -0.604. The number of carbonyl (C=O) groups excluding carboxylic acids is 2. The van der Waals surface area contributed by atoms with Gasteiger partial charge in [0.25, 0.3) is 0 Å². The highest BCUT2D eigenvalue weighted by Gasteiger charge is 2.27. The first-order valence-electron chi connectivity index (χ1n) is 5.82. The first kappa shape index (κ1) is 12.3. The first-order chi connectivity index (χ1) is 8.50. The van der Waals surface area contributed by atoms with Crippen molar-refractivity contribution in [1.29, 1.82) is 0 Å². The van der Waals surface area contributed by atoms with Crippen molar-refractivity contribution in [2.75, 3.05) is 0 Å². The van der Waals surface area contributed by atoms with Crippen LogP contribution >= 0.6 is 0 Å². The molecule has 3 heteroatoms. The SMILES string of the molecule is CC(C)=CCc1cccc2c1C(=O)C(=O)C(N)=C2. The Morgan fingerprint density at radius 2 is 1.94 bits per heavy atom. The molecule has 0 aromatic heterocycles. The number of hydrogen-bond acceptors (Lipinski definition) is 3. The van der Waals surface area contributed by atoms with E-state index in [1.165, 1.54) is 5.57 Å². The van der Waals surface area contributed by atoms with Crippen LogP contribution in [0.5, 0.6) is 0 Å². The molecule has 1 aliphatic carbocycles. The summed E-state index contributed by atoms with van der Waals surface area (Å²) in [6.07, 6.45) is 4.26. The van der Waals surface area contributed by atoms with E-state index in [1.807, 2.05) is 32.1 Å². The van der Waals surface area contributed by atoms with Crippen molar-refractivity contribution in [2.24, 2.45) is 5.73 Å². The van der Waals surface area contributed by atoms with Gasteiger partial charge in [0.15, 0.2) is 0 Å². The maximum Gasteiger partial charge on any atom is 0.249 e. The molecule has 0 fully saturated rings. The molecule has 0 heterocycles. The van der Waals surface area contributed by atoms with E-state index in [9.17, 15) is 9.59 Å². The third-order valence-electron chi connectivity index (χ3n) is 2.92. The van der Waals surface area contributed by atoms with E-state index in [0.717, 1.165) is 11.1 Å². The molecule has 18 heavy (non-hydrogen) atoms. The second kappa shape index (κ2) is 4.61. The Morgan fingerprint density at radius 1 is 1.22 bits per heavy atom. The van der Waals surface area contributed by atoms with Gasteiger partial charge in [-0.3, -0.25) is 9.59 Å². The molecule has 0 radical (unpaired) electrons. The van der Waals surface area contributed by atoms with Crippen LogP contribution in [-0.4, -0.2) is 11.6 Å². The van der Waals surface area contributed by atoms with E-state index < -0.39 is 11.6 Å². The molecule has 0 atom stereocenters. The van der Waals surface area contributed by atoms with Gasteiger partial charge < -0.3 is 5.73 Å². The average molecular weight is 241 g/mol. The van der Waals surface area contributed by atoms with Crippen molar-refractivity contribution in [1.82, 2.24) is 0 Å². The first-order valence-corrected chi connectivity index (χ1v) is 5.82. The van der Waals surface area contributed by atoms with Gasteiger partial charge in [0.2, 0.25) is 11.6 Å². The molecule has 92 valence electrons. The predicted molar refractivity (Wildman–Crippen MR) is 71.1 cm³/mol. The summed E-state index contributed by atoms with van der Waals surface area (Å²) < 4.78 is 0. The smallest absolute Gasteiger partial charge is 0.249 e. The highest BCUT2D eigenvalue weighted by molar-refractivity contribution is 6.51. The molecule has 1 aromatic rings. The van der Waals surface area contributed by atoms with E-state index in [4.69, 9.17) is 5.73 Å². The second-order valence-electron chi connectivity index (χ2n) is 4.62. The number of ketones is 2. The lowest BCUT2D eigenvalue weighted by molar-refractivity contribution is -0.111. The van der Waals surface area contributed by atoms with Crippen molar-refractivity contribution in [3.63, 3.8) is 0 Å². The van der Waals surface area contributed by atoms with Crippen molar-refractivity contribution < 1.29 is 9.59 Å². The number of benzene rings is 1. The van der Waals surface area contributed by atoms with Crippen LogP contribution in [0, 0.1) is 0 Å². The van der Waals surface area contributed by atoms with E-state index >= 15 is 0 Å². The molecule has 0 bridgehead atoms. The van der Waals surface area contributed by atoms with Gasteiger partial charge in [-0.05, 0) is 37.5 Å². The fourth-order valence-corrected chi connectivity index (χ4v) is 1.98. The number of Topliss-reactive ketones (excluding diaryl/α,β-unsaturated/α-hetero) is 2. The second-order valence-corrected chi connectivity index (χ2v) is 4.62. The average Bonchev–Trinajstić information content (AvgIpc) is 2.33. The fraction of sp³-hybridized carbons (Fsp3) is 0.200. The maximum absolute atomic E-state index is 12.0. The van der Waals surface area contributed by atoms with Crippen molar-refractivity contribution in [3.8, 4) is 0 Å². The number of allylic oxidation sites excluding steroid dienone is 3. The molecule has 0 unspecified atom stereocenters. The van der Waals surface area contributed by atoms with Gasteiger partial charge in [0, 0.05) is 5.56 Å². The summed E-state index contributed by atoms with van der Waals surface area (Å²) in [7, 11) is 0. The van der Waals surface area contributed by atoms with Gasteiger partial charge in [0.1, 0.15) is 0 Å². The largest absolute Gasteiger partial charge is 0.395 e. The summed E-state index contributed by atoms with van der Waals surface area (Å²) in [6.45, 7) is 4.00. The quantitative estimate of drug-likeness (QED) is 0.638. The monoisotopic (exact) mass is 241 g/mol. The topological polar surface area (TPSA) is 60.2 Å². The van der Waals surface area contributed by atoms with Gasteiger partial charge in [-0.15, -0.1) is 0 Å². The zero-order valence-corrected chi connectivity index (χ0v) is 10.5. The molecular weight excluding hydrogens is 226 g/mol. The maximum atomic E-state index is 12.0. The van der Waals surface area contributed by atoms with Gasteiger partial charge in [0.05, 0.1) is 5.70 Å². The molecule has 1 aliphatic rings. The Hall–Kier alpha value is -2.16. The number of hydrogen-bond donors (Lipinski definition) is 1. The molecule has 0 saturated heterocycles. The third-order valence-corrected chi connectivity index (χ3v) is 2.92. The summed E-state index contributed by atoms with van der Waals surface area (Å²) in [5.41, 5.74) is 8.83. The lowest BCUT2D eigenvalue weighted by Gasteiger charge is -2.15. The van der Waals surface area contributed by atoms with Crippen LogP contribution < -0.4 is 5.73 Å². The molecule has 0 spiro atoms. The molecular formula is C15H15NO2. The van der Waals surface area contributed by atoms with E-state index in [2.05, 4.69) is 0 Å². The summed E-state index contributed by atoms with van der Waals surface area (Å²) in [6, 6.07) is 5.55. The molecule has 2 rings (SSSR count). The predicted octanol–water partition coefficient (Wildman–Crippen LogP) is 2.26. The Bertz CT molecular complexity index is 591. The van der Waals surface area contributed by atoms with Gasteiger partial charge >= 0.3 is 0 Å². The van der Waals surface area contributed by atoms with Crippen LogP contribution in [0.1, 0.15) is 35.3 Å².